The van der Waals surface area contributed by atoms with Crippen LogP contribution in [-0.4, -0.2) is 74.5 Å². The Balaban J connectivity index is 1.90. The number of ether oxygens (including phenoxy) is 3. The van der Waals surface area contributed by atoms with Crippen LogP contribution in [-0.2, 0) is 23.3 Å². The van der Waals surface area contributed by atoms with Gasteiger partial charge in [-0.2, -0.15) is 4.98 Å². The number of hydrogen-bond acceptors (Lipinski definition) is 11. The van der Waals surface area contributed by atoms with Crippen molar-refractivity contribution >= 4 is 19.7 Å². The highest BCUT2D eigenvalue weighted by Crippen LogP contribution is 2.41. The number of aliphatic hydroxyl groups is 2. The van der Waals surface area contributed by atoms with Crippen molar-refractivity contribution < 1.29 is 43.2 Å². The lowest BCUT2D eigenvalue weighted by molar-refractivity contribution is -0.0984. The van der Waals surface area contributed by atoms with Gasteiger partial charge < -0.3 is 35.1 Å². The summed E-state index contributed by atoms with van der Waals surface area (Å²) in [6.07, 6.45) is -4.20. The summed E-state index contributed by atoms with van der Waals surface area (Å²) in [4.78, 5) is 36.6. The molecule has 1 fully saturated rings. The quantitative estimate of drug-likeness (QED) is 0.170. The van der Waals surface area contributed by atoms with Gasteiger partial charge in [-0.25, -0.2) is 19.2 Å². The Labute approximate surface area is 177 Å². The second-order valence-electron chi connectivity index (χ2n) is 7.23. The average molecular weight is 466 g/mol. The van der Waals surface area contributed by atoms with Crippen LogP contribution in [0.2, 0.25) is 0 Å². The smallest absolute Gasteiger partial charge is 0.433 e. The largest absolute Gasteiger partial charge is 0.508 e. The fraction of sp³-hybridized carbons (Fsp3) is 0.688. The number of nitrogen functional groups attached to an aromatic ring is 1. The topological polar surface area (TPSA) is 205 Å². The van der Waals surface area contributed by atoms with Gasteiger partial charge in [0.15, 0.2) is 6.23 Å². The third-order valence-corrected chi connectivity index (χ3v) is 5.36. The summed E-state index contributed by atoms with van der Waals surface area (Å²) in [7, 11) is -4.36. The van der Waals surface area contributed by atoms with E-state index in [-0.39, 0.29) is 25.1 Å². The maximum Gasteiger partial charge on any atom is 0.508 e. The molecular weight excluding hydrogens is 439 g/mol. The summed E-state index contributed by atoms with van der Waals surface area (Å²) >= 11 is 0. The zero-order valence-corrected chi connectivity index (χ0v) is 18.1. The minimum atomic E-state index is -4.36. The van der Waals surface area contributed by atoms with Crippen LogP contribution in [0.3, 0.4) is 0 Å². The number of carbonyl (C=O) groups is 1. The molecule has 1 unspecified atom stereocenters. The third kappa shape index (κ3) is 6.71. The van der Waals surface area contributed by atoms with Crippen LogP contribution < -0.4 is 16.5 Å². The van der Waals surface area contributed by atoms with E-state index in [9.17, 15) is 29.3 Å². The van der Waals surface area contributed by atoms with Gasteiger partial charge in [0, 0.05) is 12.7 Å². The molecule has 1 aliphatic rings. The van der Waals surface area contributed by atoms with E-state index in [2.05, 4.69) is 10.1 Å². The normalized spacial score (nSPS) is 27.8. The first-order chi connectivity index (χ1) is 14.3. The van der Waals surface area contributed by atoms with Crippen molar-refractivity contribution in [1.82, 2.24) is 14.6 Å². The minimum Gasteiger partial charge on any atom is -0.433 e. The molecule has 0 saturated carbocycles. The molecule has 0 aromatic carbocycles. The first-order valence-electron chi connectivity index (χ1n) is 9.30. The summed E-state index contributed by atoms with van der Waals surface area (Å²) in [5.41, 5.74) is 2.68. The van der Waals surface area contributed by atoms with E-state index in [4.69, 9.17) is 24.5 Å². The highest BCUT2D eigenvalue weighted by atomic mass is 31.2. The van der Waals surface area contributed by atoms with Crippen LogP contribution in [0.4, 0.5) is 10.6 Å². The fourth-order valence-electron chi connectivity index (χ4n) is 2.75. The van der Waals surface area contributed by atoms with Gasteiger partial charge in [0.1, 0.15) is 30.2 Å². The van der Waals surface area contributed by atoms with Gasteiger partial charge in [0.05, 0.1) is 12.7 Å². The Morgan fingerprint density at radius 3 is 2.81 bits per heavy atom. The summed E-state index contributed by atoms with van der Waals surface area (Å²) in [6.45, 7) is 3.43. The van der Waals surface area contributed by atoms with Crippen LogP contribution >= 0.6 is 7.75 Å². The van der Waals surface area contributed by atoms with E-state index in [1.165, 1.54) is 19.2 Å². The van der Waals surface area contributed by atoms with E-state index in [0.29, 0.717) is 0 Å². The molecule has 0 radical (unpaired) electrons. The number of aliphatic hydroxyl groups excluding tert-OH is 1. The van der Waals surface area contributed by atoms with Gasteiger partial charge in [-0.05, 0) is 26.8 Å². The monoisotopic (exact) mass is 466 g/mol. The van der Waals surface area contributed by atoms with Crippen LogP contribution in [0.25, 0.3) is 0 Å². The second-order valence-corrected chi connectivity index (χ2v) is 8.84. The maximum absolute atomic E-state index is 12.1. The second kappa shape index (κ2) is 10.0. The molecule has 2 rings (SSSR count). The van der Waals surface area contributed by atoms with E-state index in [1.807, 2.05) is 0 Å². The highest BCUT2D eigenvalue weighted by molar-refractivity contribution is 7.50. The van der Waals surface area contributed by atoms with Gasteiger partial charge >= 0.3 is 19.6 Å². The van der Waals surface area contributed by atoms with Crippen LogP contribution in [0.5, 0.6) is 0 Å². The zero-order valence-electron chi connectivity index (χ0n) is 17.2. The van der Waals surface area contributed by atoms with Gasteiger partial charge in [0.2, 0.25) is 0 Å². The first kappa shape index (κ1) is 25.2. The Morgan fingerprint density at radius 1 is 1.52 bits per heavy atom. The molecule has 176 valence electrons. The van der Waals surface area contributed by atoms with Gasteiger partial charge in [0.25, 0.3) is 0 Å². The Hall–Kier alpha value is -2.06. The summed E-state index contributed by atoms with van der Waals surface area (Å²) < 4.78 is 32.8. The molecule has 14 nitrogen and oxygen atoms in total. The highest BCUT2D eigenvalue weighted by Gasteiger charge is 2.53. The fourth-order valence-corrected chi connectivity index (χ4v) is 3.56. The van der Waals surface area contributed by atoms with Gasteiger partial charge in [-0.3, -0.25) is 9.09 Å². The SMILES string of the molecule is CC(C)OC(=O)OCCNP(=O)(O)OC[C@H]1O[C@@H](n2ccc(N)nc2=O)[C@](C)(O)[C@@H]1O. The van der Waals surface area contributed by atoms with Crippen LogP contribution in [0.15, 0.2) is 17.1 Å². The predicted octanol–water partition coefficient (Wildman–Crippen LogP) is -0.897. The lowest BCUT2D eigenvalue weighted by atomic mass is 9.96. The van der Waals surface area contributed by atoms with Crippen molar-refractivity contribution in [3.8, 4) is 0 Å². The Bertz CT molecular complexity index is 876. The van der Waals surface area contributed by atoms with Gasteiger partial charge in [-0.1, -0.05) is 0 Å². The van der Waals surface area contributed by atoms with Crippen molar-refractivity contribution in [3.05, 3.63) is 22.7 Å². The molecule has 0 spiro atoms. The van der Waals surface area contributed by atoms with Crippen molar-refractivity contribution in [2.45, 2.75) is 50.9 Å². The molecular formula is C16H27N4O10P. The number of nitrogens with zero attached hydrogens (tertiary/aromatic N) is 2. The number of carbonyl (C=O) groups excluding carboxylic acids is 1. The van der Waals surface area contributed by atoms with E-state index >= 15 is 0 Å². The Morgan fingerprint density at radius 2 is 2.19 bits per heavy atom. The number of rotatable bonds is 9. The zero-order chi connectivity index (χ0) is 23.4. The molecule has 1 aromatic heterocycles. The molecule has 5 atom stereocenters. The molecule has 2 heterocycles. The number of hydrogen-bond donors (Lipinski definition) is 5. The molecule has 31 heavy (non-hydrogen) atoms. The number of nitrogens with one attached hydrogen (secondary N) is 1. The third-order valence-electron chi connectivity index (χ3n) is 4.24. The van der Waals surface area contributed by atoms with E-state index in [1.54, 1.807) is 13.8 Å². The maximum atomic E-state index is 12.1. The lowest BCUT2D eigenvalue weighted by Crippen LogP contribution is -2.46. The predicted molar refractivity (Wildman–Crippen MR) is 105 cm³/mol. The molecule has 0 aliphatic carbocycles. The molecule has 1 saturated heterocycles. The van der Waals surface area contributed by atoms with Crippen molar-refractivity contribution in [2.75, 3.05) is 25.5 Å². The Kier molecular flexibility index (Phi) is 8.16. The van der Waals surface area contributed by atoms with Crippen molar-refractivity contribution in [2.24, 2.45) is 0 Å². The van der Waals surface area contributed by atoms with Gasteiger partial charge in [-0.15, -0.1) is 0 Å². The van der Waals surface area contributed by atoms with Crippen molar-refractivity contribution in [1.29, 1.82) is 0 Å². The molecule has 0 amide bonds. The standard InChI is InChI=1S/C16H27N4O10P/c1-9(2)29-15(23)27-7-5-18-31(25,26)28-8-10-12(21)16(3,24)13(30-10)20-6-4-11(17)19-14(20)22/h4,6,9-10,12-13,21,24H,5,7-8H2,1-3H3,(H2,17,19,22)(H2,18,25,26)/t10-,12-,13-,16-/m1/s1. The average Bonchev–Trinajstić information content (AvgIpc) is 2.87. The first-order valence-corrected chi connectivity index (χ1v) is 10.9. The number of anilines is 1. The summed E-state index contributed by atoms with van der Waals surface area (Å²) in [5.74, 6) is -0.0342. The van der Waals surface area contributed by atoms with Crippen LogP contribution in [0, 0.1) is 0 Å². The summed E-state index contributed by atoms with van der Waals surface area (Å²) in [6, 6.07) is 1.31. The lowest BCUT2D eigenvalue weighted by Gasteiger charge is -2.27. The number of aromatic nitrogens is 2. The van der Waals surface area contributed by atoms with Crippen molar-refractivity contribution in [3.63, 3.8) is 0 Å². The molecule has 0 bridgehead atoms. The minimum absolute atomic E-state index is 0.0342. The molecule has 1 aliphatic heterocycles. The molecule has 1 aromatic rings. The summed E-state index contributed by atoms with van der Waals surface area (Å²) in [5, 5.41) is 23.1. The van der Waals surface area contributed by atoms with Crippen LogP contribution in [0.1, 0.15) is 27.0 Å². The molecule has 6 N–H and O–H groups in total. The van der Waals surface area contributed by atoms with E-state index in [0.717, 1.165) is 4.57 Å². The number of nitrogens with two attached hydrogens (primary N) is 1. The molecule has 15 heteroatoms. The van der Waals surface area contributed by atoms with E-state index < -0.39 is 50.2 Å².